The average molecular weight is 363 g/mol. The third-order valence-corrected chi connectivity index (χ3v) is 7.44. The highest BCUT2D eigenvalue weighted by molar-refractivity contribution is 5.80. The lowest BCUT2D eigenvalue weighted by molar-refractivity contribution is -0.125. The van der Waals surface area contributed by atoms with Crippen LogP contribution in [0, 0.1) is 11.3 Å². The summed E-state index contributed by atoms with van der Waals surface area (Å²) in [5.74, 6) is 1.70. The van der Waals surface area contributed by atoms with Crippen molar-refractivity contribution in [2.45, 2.75) is 76.4 Å². The van der Waals surface area contributed by atoms with Crippen LogP contribution in [-0.4, -0.2) is 62.8 Å². The smallest absolute Gasteiger partial charge is 0.191 e. The first-order chi connectivity index (χ1) is 12.8. The van der Waals surface area contributed by atoms with Crippen LogP contribution < -0.4 is 10.6 Å². The predicted octanol–water partition coefficient (Wildman–Crippen LogP) is 2.77. The van der Waals surface area contributed by atoms with Crippen molar-refractivity contribution in [3.63, 3.8) is 0 Å². The summed E-state index contributed by atoms with van der Waals surface area (Å²) in [7, 11) is 1.91. The van der Waals surface area contributed by atoms with Crippen LogP contribution in [0.4, 0.5) is 0 Å². The monoisotopic (exact) mass is 362 g/mol. The van der Waals surface area contributed by atoms with Crippen molar-refractivity contribution in [1.29, 1.82) is 0 Å². The Balaban J connectivity index is 1.23. The molecule has 2 aliphatic carbocycles. The first-order valence-corrected chi connectivity index (χ1v) is 11.1. The third-order valence-electron chi connectivity index (χ3n) is 7.44. The predicted molar refractivity (Wildman–Crippen MR) is 107 cm³/mol. The molecule has 4 rings (SSSR count). The standard InChI is InChI=1S/C21H38N4O/c1-22-20(23-12-8-15-25-13-6-2-3-7-14-25)24-18-17-9-16-26-19(17)21(18)10-4-5-11-21/h17-19H,2-16H2,1H3,(H2,22,23,24). The van der Waals surface area contributed by atoms with Crippen LogP contribution in [-0.2, 0) is 4.74 Å². The van der Waals surface area contributed by atoms with Gasteiger partial charge >= 0.3 is 0 Å². The summed E-state index contributed by atoms with van der Waals surface area (Å²) >= 11 is 0. The van der Waals surface area contributed by atoms with E-state index in [4.69, 9.17) is 4.74 Å². The molecule has 148 valence electrons. The quantitative estimate of drug-likeness (QED) is 0.449. The number of nitrogens with zero attached hydrogens (tertiary/aromatic N) is 2. The van der Waals surface area contributed by atoms with E-state index in [2.05, 4.69) is 20.5 Å². The van der Waals surface area contributed by atoms with E-state index in [1.165, 1.54) is 83.8 Å². The molecular weight excluding hydrogens is 324 g/mol. The molecule has 2 N–H and O–H groups in total. The molecule has 0 aromatic carbocycles. The van der Waals surface area contributed by atoms with Gasteiger partial charge in [0.05, 0.1) is 6.10 Å². The van der Waals surface area contributed by atoms with Gasteiger partial charge in [0, 0.05) is 37.6 Å². The van der Waals surface area contributed by atoms with Crippen molar-refractivity contribution < 1.29 is 4.74 Å². The number of guanidine groups is 1. The molecule has 5 nitrogen and oxygen atoms in total. The summed E-state index contributed by atoms with van der Waals surface area (Å²) in [5, 5.41) is 7.38. The van der Waals surface area contributed by atoms with E-state index in [-0.39, 0.29) is 0 Å². The highest BCUT2D eigenvalue weighted by Crippen LogP contribution is 2.60. The highest BCUT2D eigenvalue weighted by Gasteiger charge is 2.65. The molecule has 2 heterocycles. The normalized spacial score (nSPS) is 34.3. The van der Waals surface area contributed by atoms with Gasteiger partial charge in [-0.2, -0.15) is 0 Å². The number of hydrogen-bond acceptors (Lipinski definition) is 3. The number of hydrogen-bond donors (Lipinski definition) is 2. The molecule has 1 spiro atoms. The van der Waals surface area contributed by atoms with Crippen LogP contribution in [0.25, 0.3) is 0 Å². The van der Waals surface area contributed by atoms with E-state index in [9.17, 15) is 0 Å². The third kappa shape index (κ3) is 3.62. The summed E-state index contributed by atoms with van der Waals surface area (Å²) in [6, 6.07) is 0.564. The van der Waals surface area contributed by atoms with Crippen LogP contribution >= 0.6 is 0 Å². The minimum atomic E-state index is 0.394. The maximum atomic E-state index is 6.11. The van der Waals surface area contributed by atoms with Crippen molar-refractivity contribution in [3.05, 3.63) is 0 Å². The lowest BCUT2D eigenvalue weighted by Crippen LogP contribution is -2.69. The van der Waals surface area contributed by atoms with Crippen molar-refractivity contribution in [3.8, 4) is 0 Å². The molecule has 4 fully saturated rings. The minimum absolute atomic E-state index is 0.394. The summed E-state index contributed by atoms with van der Waals surface area (Å²) in [6.07, 6.45) is 13.9. The molecule has 3 unspecified atom stereocenters. The summed E-state index contributed by atoms with van der Waals surface area (Å²) in [5.41, 5.74) is 0.394. The van der Waals surface area contributed by atoms with Gasteiger partial charge in [0.2, 0.25) is 0 Å². The fourth-order valence-corrected chi connectivity index (χ4v) is 6.12. The highest BCUT2D eigenvalue weighted by atomic mass is 16.5. The van der Waals surface area contributed by atoms with E-state index in [0.29, 0.717) is 23.5 Å². The van der Waals surface area contributed by atoms with Crippen molar-refractivity contribution in [2.24, 2.45) is 16.3 Å². The molecule has 26 heavy (non-hydrogen) atoms. The van der Waals surface area contributed by atoms with Gasteiger partial charge in [0.1, 0.15) is 0 Å². The van der Waals surface area contributed by atoms with E-state index >= 15 is 0 Å². The molecule has 0 radical (unpaired) electrons. The van der Waals surface area contributed by atoms with Crippen LogP contribution in [0.2, 0.25) is 0 Å². The Bertz CT molecular complexity index is 480. The molecular formula is C21H38N4O. The minimum Gasteiger partial charge on any atom is -0.377 e. The van der Waals surface area contributed by atoms with Gasteiger partial charge in [0.15, 0.2) is 5.96 Å². The zero-order valence-electron chi connectivity index (χ0n) is 16.6. The van der Waals surface area contributed by atoms with Crippen LogP contribution in [0.5, 0.6) is 0 Å². The molecule has 0 amide bonds. The van der Waals surface area contributed by atoms with Gasteiger partial charge in [-0.3, -0.25) is 4.99 Å². The largest absolute Gasteiger partial charge is 0.377 e. The van der Waals surface area contributed by atoms with Crippen molar-refractivity contribution >= 4 is 5.96 Å². The second-order valence-corrected chi connectivity index (χ2v) is 8.91. The first kappa shape index (κ1) is 18.5. The number of ether oxygens (including phenoxy) is 1. The second-order valence-electron chi connectivity index (χ2n) is 8.91. The fraction of sp³-hybridized carbons (Fsp3) is 0.952. The summed E-state index contributed by atoms with van der Waals surface area (Å²) < 4.78 is 6.11. The number of likely N-dealkylation sites (tertiary alicyclic amines) is 1. The molecule has 2 saturated heterocycles. The molecule has 3 atom stereocenters. The van der Waals surface area contributed by atoms with E-state index in [0.717, 1.165) is 19.1 Å². The molecule has 2 saturated carbocycles. The number of aliphatic imine (C=N–C) groups is 1. The summed E-state index contributed by atoms with van der Waals surface area (Å²) in [4.78, 5) is 7.16. The Labute approximate surface area is 159 Å². The number of rotatable bonds is 5. The van der Waals surface area contributed by atoms with Crippen molar-refractivity contribution in [2.75, 3.05) is 39.8 Å². The number of fused-ring (bicyclic) bond motifs is 2. The molecule has 5 heteroatoms. The lowest BCUT2D eigenvalue weighted by atomic mass is 9.54. The van der Waals surface area contributed by atoms with Gasteiger partial charge in [-0.05, 0) is 58.2 Å². The second kappa shape index (κ2) is 8.47. The van der Waals surface area contributed by atoms with Crippen LogP contribution in [0.15, 0.2) is 4.99 Å². The SMILES string of the molecule is CN=C(NCCCN1CCCCCC1)NC1C2CCOC2C12CCCC2. The van der Waals surface area contributed by atoms with Gasteiger partial charge in [-0.1, -0.05) is 25.7 Å². The maximum absolute atomic E-state index is 6.11. The molecule has 0 bridgehead atoms. The Morgan fingerprint density at radius 2 is 1.88 bits per heavy atom. The van der Waals surface area contributed by atoms with Gasteiger partial charge < -0.3 is 20.3 Å². The van der Waals surface area contributed by atoms with Crippen LogP contribution in [0.3, 0.4) is 0 Å². The van der Waals surface area contributed by atoms with Gasteiger partial charge in [0.25, 0.3) is 0 Å². The zero-order valence-corrected chi connectivity index (χ0v) is 16.6. The van der Waals surface area contributed by atoms with Gasteiger partial charge in [-0.15, -0.1) is 0 Å². The molecule has 2 aliphatic heterocycles. The Hall–Kier alpha value is -0.810. The fourth-order valence-electron chi connectivity index (χ4n) is 6.12. The maximum Gasteiger partial charge on any atom is 0.191 e. The topological polar surface area (TPSA) is 48.9 Å². The van der Waals surface area contributed by atoms with Crippen molar-refractivity contribution in [1.82, 2.24) is 15.5 Å². The van der Waals surface area contributed by atoms with Crippen LogP contribution in [0.1, 0.15) is 64.2 Å². The zero-order chi connectivity index (χ0) is 17.8. The van der Waals surface area contributed by atoms with E-state index in [1.807, 2.05) is 7.05 Å². The Morgan fingerprint density at radius 3 is 2.62 bits per heavy atom. The lowest BCUT2D eigenvalue weighted by Gasteiger charge is -2.57. The van der Waals surface area contributed by atoms with E-state index in [1.54, 1.807) is 0 Å². The van der Waals surface area contributed by atoms with Gasteiger partial charge in [-0.25, -0.2) is 0 Å². The molecule has 0 aromatic heterocycles. The first-order valence-electron chi connectivity index (χ1n) is 11.1. The molecule has 4 aliphatic rings. The summed E-state index contributed by atoms with van der Waals surface area (Å²) in [6.45, 7) is 5.77. The average Bonchev–Trinajstić information content (AvgIpc) is 3.25. The Morgan fingerprint density at radius 1 is 1.12 bits per heavy atom. The molecule has 0 aromatic rings. The van der Waals surface area contributed by atoms with E-state index < -0.39 is 0 Å². The number of nitrogens with one attached hydrogen (secondary N) is 2. The Kier molecular flexibility index (Phi) is 6.04.